The molecule has 0 saturated heterocycles. The number of nitrogens with one attached hydrogen (secondary N) is 1. The van der Waals surface area contributed by atoms with Gasteiger partial charge in [0.1, 0.15) is 17.7 Å². The molecule has 0 unspecified atom stereocenters. The Hall–Kier alpha value is -2.46. The van der Waals surface area contributed by atoms with Crippen molar-refractivity contribution in [1.29, 1.82) is 5.26 Å². The highest BCUT2D eigenvalue weighted by Crippen LogP contribution is 2.37. The van der Waals surface area contributed by atoms with Gasteiger partial charge in [0.2, 0.25) is 0 Å². The number of aromatic nitrogens is 1. The van der Waals surface area contributed by atoms with Crippen molar-refractivity contribution in [2.24, 2.45) is 0 Å². The van der Waals surface area contributed by atoms with Gasteiger partial charge in [0, 0.05) is 16.5 Å². The average molecular weight is 322 g/mol. The molecular formula is C15H6F4N2S. The van der Waals surface area contributed by atoms with Crippen LogP contribution in [0.4, 0.5) is 17.6 Å². The minimum Gasteiger partial charge on any atom is -0.359 e. The molecule has 0 aliphatic heterocycles. The van der Waals surface area contributed by atoms with Gasteiger partial charge in [0.15, 0.2) is 11.6 Å². The summed E-state index contributed by atoms with van der Waals surface area (Å²) in [6, 6.07) is 6.36. The predicted molar refractivity (Wildman–Crippen MR) is 73.4 cm³/mol. The maximum atomic E-state index is 14.3. The second-order valence-electron chi connectivity index (χ2n) is 4.39. The number of hydrogen-bond acceptors (Lipinski definition) is 2. The molecule has 1 N–H and O–H groups in total. The van der Waals surface area contributed by atoms with Crippen LogP contribution in [0.5, 0.6) is 0 Å². The standard InChI is InChI=1S/C15H6F4N2S/c16-10-2-1-8(5-7(10)6-20)22-15-11(17)9-3-4-21-14(9)12(18)13(15)19/h1-5,21H. The van der Waals surface area contributed by atoms with Crippen molar-refractivity contribution in [3.8, 4) is 6.07 Å². The maximum Gasteiger partial charge on any atom is 0.184 e. The first-order chi connectivity index (χ1) is 10.5. The minimum atomic E-state index is -1.33. The third-order valence-corrected chi connectivity index (χ3v) is 4.12. The second-order valence-corrected chi connectivity index (χ2v) is 5.48. The molecule has 3 rings (SSSR count). The third kappa shape index (κ3) is 2.22. The van der Waals surface area contributed by atoms with E-state index in [1.54, 1.807) is 6.07 Å². The quantitative estimate of drug-likeness (QED) is 0.546. The number of hydrogen-bond donors (Lipinski definition) is 1. The lowest BCUT2D eigenvalue weighted by Gasteiger charge is -2.08. The highest BCUT2D eigenvalue weighted by molar-refractivity contribution is 7.99. The molecule has 0 atom stereocenters. The van der Waals surface area contributed by atoms with Gasteiger partial charge in [-0.1, -0.05) is 11.8 Å². The Morgan fingerprint density at radius 3 is 2.50 bits per heavy atom. The SMILES string of the molecule is N#Cc1cc(Sc2c(F)c(F)c3[nH]ccc3c2F)ccc1F. The van der Waals surface area contributed by atoms with Gasteiger partial charge in [-0.15, -0.1) is 0 Å². The van der Waals surface area contributed by atoms with E-state index in [4.69, 9.17) is 5.26 Å². The Morgan fingerprint density at radius 1 is 1.00 bits per heavy atom. The van der Waals surface area contributed by atoms with Crippen LogP contribution >= 0.6 is 11.8 Å². The number of halogens is 4. The molecule has 0 spiro atoms. The molecule has 0 saturated carbocycles. The van der Waals surface area contributed by atoms with Crippen LogP contribution in [-0.4, -0.2) is 4.98 Å². The van der Waals surface area contributed by atoms with E-state index in [1.165, 1.54) is 18.3 Å². The van der Waals surface area contributed by atoms with E-state index >= 15 is 0 Å². The zero-order valence-electron chi connectivity index (χ0n) is 10.8. The van der Waals surface area contributed by atoms with Crippen molar-refractivity contribution in [3.05, 3.63) is 59.3 Å². The van der Waals surface area contributed by atoms with Crippen LogP contribution in [0.2, 0.25) is 0 Å². The fraction of sp³-hybridized carbons (Fsp3) is 0. The molecule has 0 aliphatic rings. The molecule has 3 aromatic rings. The first-order valence-corrected chi connectivity index (χ1v) is 6.85. The molecule has 1 heterocycles. The number of nitrogens with zero attached hydrogens (tertiary/aromatic N) is 1. The summed E-state index contributed by atoms with van der Waals surface area (Å²) in [6.45, 7) is 0. The summed E-state index contributed by atoms with van der Waals surface area (Å²) in [6.07, 6.45) is 1.30. The van der Waals surface area contributed by atoms with E-state index in [9.17, 15) is 17.6 Å². The van der Waals surface area contributed by atoms with Crippen molar-refractivity contribution in [2.75, 3.05) is 0 Å². The van der Waals surface area contributed by atoms with Gasteiger partial charge < -0.3 is 4.98 Å². The van der Waals surface area contributed by atoms with Crippen molar-refractivity contribution >= 4 is 22.7 Å². The van der Waals surface area contributed by atoms with Crippen molar-refractivity contribution in [3.63, 3.8) is 0 Å². The van der Waals surface area contributed by atoms with E-state index in [1.807, 2.05) is 0 Å². The Labute approximate surface area is 126 Å². The fourth-order valence-electron chi connectivity index (χ4n) is 2.02. The van der Waals surface area contributed by atoms with E-state index in [0.29, 0.717) is 11.8 Å². The van der Waals surface area contributed by atoms with Gasteiger partial charge in [-0.2, -0.15) is 5.26 Å². The largest absolute Gasteiger partial charge is 0.359 e. The number of H-pyrrole nitrogens is 1. The highest BCUT2D eigenvalue weighted by atomic mass is 32.2. The number of fused-ring (bicyclic) bond motifs is 1. The summed E-state index contributed by atoms with van der Waals surface area (Å²) in [4.78, 5) is 2.11. The van der Waals surface area contributed by atoms with E-state index in [2.05, 4.69) is 4.98 Å². The lowest BCUT2D eigenvalue weighted by atomic mass is 10.2. The second kappa shape index (κ2) is 5.39. The minimum absolute atomic E-state index is 0.0796. The van der Waals surface area contributed by atoms with Gasteiger partial charge in [-0.25, -0.2) is 17.6 Å². The molecule has 0 fully saturated rings. The van der Waals surface area contributed by atoms with E-state index in [-0.39, 0.29) is 21.4 Å². The smallest absolute Gasteiger partial charge is 0.184 e. The van der Waals surface area contributed by atoms with Gasteiger partial charge in [-0.05, 0) is 24.3 Å². The molecule has 1 aromatic heterocycles. The van der Waals surface area contributed by atoms with Crippen molar-refractivity contribution < 1.29 is 17.6 Å². The average Bonchev–Trinajstić information content (AvgIpc) is 3.01. The zero-order valence-corrected chi connectivity index (χ0v) is 11.6. The third-order valence-electron chi connectivity index (χ3n) is 3.07. The van der Waals surface area contributed by atoms with Crippen molar-refractivity contribution in [1.82, 2.24) is 4.98 Å². The monoisotopic (exact) mass is 322 g/mol. The molecule has 0 bridgehead atoms. The van der Waals surface area contributed by atoms with Gasteiger partial charge in [0.25, 0.3) is 0 Å². The Bertz CT molecular complexity index is 927. The summed E-state index contributed by atoms with van der Waals surface area (Å²) < 4.78 is 55.5. The summed E-state index contributed by atoms with van der Waals surface area (Å²) in [5, 5.41) is 8.68. The van der Waals surface area contributed by atoms with Gasteiger partial charge >= 0.3 is 0 Å². The molecule has 2 nitrogen and oxygen atoms in total. The Balaban J connectivity index is 2.13. The first-order valence-electron chi connectivity index (χ1n) is 6.04. The van der Waals surface area contributed by atoms with Crippen molar-refractivity contribution in [2.45, 2.75) is 9.79 Å². The molecule has 0 radical (unpaired) electrons. The van der Waals surface area contributed by atoms with Crippen LogP contribution in [0, 0.1) is 34.6 Å². The normalized spacial score (nSPS) is 10.9. The van der Waals surface area contributed by atoms with Gasteiger partial charge in [0.05, 0.1) is 16.0 Å². The lowest BCUT2D eigenvalue weighted by Crippen LogP contribution is -1.95. The number of benzene rings is 2. The fourth-order valence-corrected chi connectivity index (χ4v) is 2.95. The Kier molecular flexibility index (Phi) is 3.54. The zero-order chi connectivity index (χ0) is 15.9. The van der Waals surface area contributed by atoms with Crippen LogP contribution in [0.15, 0.2) is 40.3 Å². The van der Waals surface area contributed by atoms with Crippen LogP contribution in [0.3, 0.4) is 0 Å². The van der Waals surface area contributed by atoms with E-state index < -0.39 is 28.2 Å². The van der Waals surface area contributed by atoms with Crippen LogP contribution in [0.1, 0.15) is 5.56 Å². The summed E-state index contributed by atoms with van der Waals surface area (Å²) in [5.74, 6) is -4.17. The van der Waals surface area contributed by atoms with Gasteiger partial charge in [-0.3, -0.25) is 0 Å². The lowest BCUT2D eigenvalue weighted by molar-refractivity contribution is 0.478. The summed E-state index contributed by atoms with van der Waals surface area (Å²) in [5.41, 5.74) is -0.509. The maximum absolute atomic E-state index is 14.3. The van der Waals surface area contributed by atoms with Crippen LogP contribution < -0.4 is 0 Å². The molecule has 110 valence electrons. The molecule has 2 aromatic carbocycles. The predicted octanol–water partition coefficient (Wildman–Crippen LogP) is 4.75. The summed E-state index contributed by atoms with van der Waals surface area (Å²) >= 11 is 0.590. The van der Waals surface area contributed by atoms with Crippen LogP contribution in [0.25, 0.3) is 10.9 Å². The molecule has 0 amide bonds. The molecule has 0 aliphatic carbocycles. The highest BCUT2D eigenvalue weighted by Gasteiger charge is 2.22. The number of aromatic amines is 1. The van der Waals surface area contributed by atoms with Crippen LogP contribution in [-0.2, 0) is 0 Å². The number of nitriles is 1. The molecular weight excluding hydrogens is 316 g/mol. The first kappa shape index (κ1) is 14.5. The topological polar surface area (TPSA) is 39.6 Å². The van der Waals surface area contributed by atoms with E-state index in [0.717, 1.165) is 12.1 Å². The Morgan fingerprint density at radius 2 is 1.77 bits per heavy atom. The molecule has 7 heteroatoms. The summed E-state index contributed by atoms with van der Waals surface area (Å²) in [7, 11) is 0. The molecule has 22 heavy (non-hydrogen) atoms. The number of rotatable bonds is 2.